The lowest BCUT2D eigenvalue weighted by Gasteiger charge is -2.04. The number of nitriles is 1. The van der Waals surface area contributed by atoms with E-state index < -0.39 is 5.97 Å². The molecule has 0 spiro atoms. The van der Waals surface area contributed by atoms with Gasteiger partial charge in [0.1, 0.15) is 11.8 Å². The Morgan fingerprint density at radius 2 is 2.29 bits per heavy atom. The minimum absolute atomic E-state index is 0.0794. The predicted molar refractivity (Wildman–Crippen MR) is 59.8 cm³/mol. The fourth-order valence-electron chi connectivity index (χ4n) is 1.34. The Balaban J connectivity index is 3.19. The molecule has 5 heteroatoms. The summed E-state index contributed by atoms with van der Waals surface area (Å²) in [5.74, 6) is -1.16. The van der Waals surface area contributed by atoms with Crippen molar-refractivity contribution in [3.8, 4) is 11.8 Å². The van der Waals surface area contributed by atoms with Crippen LogP contribution in [0.15, 0.2) is 24.3 Å². The van der Waals surface area contributed by atoms with Gasteiger partial charge in [-0.25, -0.2) is 4.79 Å². The van der Waals surface area contributed by atoms with Crippen molar-refractivity contribution in [3.05, 3.63) is 35.4 Å². The highest BCUT2D eigenvalue weighted by molar-refractivity contribution is 5.96. The second-order valence-electron chi connectivity index (χ2n) is 3.29. The molecular formula is C12H11NO4. The summed E-state index contributed by atoms with van der Waals surface area (Å²) >= 11 is 0. The van der Waals surface area contributed by atoms with Crippen LogP contribution < -0.4 is 0 Å². The summed E-state index contributed by atoms with van der Waals surface area (Å²) < 4.78 is 0. The molecule has 0 amide bonds. The lowest BCUT2D eigenvalue weighted by Crippen LogP contribution is -1.97. The average molecular weight is 233 g/mol. The number of benzene rings is 1. The first-order valence-corrected chi connectivity index (χ1v) is 4.91. The molecule has 1 aromatic carbocycles. The van der Waals surface area contributed by atoms with Gasteiger partial charge in [0.25, 0.3) is 0 Å². The van der Waals surface area contributed by atoms with Crippen LogP contribution in [-0.2, 0) is 16.1 Å². The normalized spacial score (nSPS) is 10.8. The molecule has 0 aliphatic heterocycles. The van der Waals surface area contributed by atoms with Crippen LogP contribution in [0.5, 0.6) is 5.75 Å². The van der Waals surface area contributed by atoms with Crippen LogP contribution in [0, 0.1) is 11.3 Å². The maximum Gasteiger partial charge on any atom is 0.367 e. The third-order valence-electron chi connectivity index (χ3n) is 2.23. The maximum absolute atomic E-state index is 10.8. The zero-order valence-electron chi connectivity index (χ0n) is 9.17. The molecule has 0 atom stereocenters. The van der Waals surface area contributed by atoms with E-state index in [1.54, 1.807) is 12.1 Å². The molecule has 0 radical (unpaired) electrons. The smallest absolute Gasteiger partial charge is 0.367 e. The fraction of sp³-hybridized carbons (Fsp3) is 0.167. The van der Waals surface area contributed by atoms with Gasteiger partial charge in [0, 0.05) is 11.6 Å². The van der Waals surface area contributed by atoms with Gasteiger partial charge in [-0.05, 0) is 24.1 Å². The zero-order valence-corrected chi connectivity index (χ0v) is 9.17. The molecule has 0 bridgehead atoms. The van der Waals surface area contributed by atoms with Gasteiger partial charge in [-0.15, -0.1) is 0 Å². The predicted octanol–water partition coefficient (Wildman–Crippen LogP) is 1.88. The van der Waals surface area contributed by atoms with Crippen molar-refractivity contribution >= 4 is 11.5 Å². The van der Waals surface area contributed by atoms with E-state index in [4.69, 9.17) is 10.5 Å². The molecule has 0 fully saturated rings. The van der Waals surface area contributed by atoms with Gasteiger partial charge >= 0.3 is 5.97 Å². The first-order valence-electron chi connectivity index (χ1n) is 4.91. The molecule has 0 aliphatic carbocycles. The molecule has 17 heavy (non-hydrogen) atoms. The second kappa shape index (κ2) is 5.68. The fourth-order valence-corrected chi connectivity index (χ4v) is 1.34. The van der Waals surface area contributed by atoms with Gasteiger partial charge in [0.15, 0.2) is 0 Å². The van der Waals surface area contributed by atoms with E-state index in [9.17, 15) is 9.90 Å². The molecule has 0 aliphatic rings. The molecule has 0 heterocycles. The molecule has 88 valence electrons. The highest BCUT2D eigenvalue weighted by Gasteiger charge is 2.10. The standard InChI is InChI=1S/C12H11NO4/c1-2-8-3-4-10(11(14)5-8)9(7-13)6-12(15)17-16/h3-6,14,16H,2H2,1H3. The zero-order chi connectivity index (χ0) is 12.8. The van der Waals surface area contributed by atoms with Crippen LogP contribution in [-0.4, -0.2) is 16.3 Å². The number of rotatable bonds is 3. The van der Waals surface area contributed by atoms with E-state index in [0.29, 0.717) is 0 Å². The molecule has 0 saturated heterocycles. The van der Waals surface area contributed by atoms with E-state index in [0.717, 1.165) is 18.1 Å². The second-order valence-corrected chi connectivity index (χ2v) is 3.29. The Morgan fingerprint density at radius 1 is 1.59 bits per heavy atom. The SMILES string of the molecule is CCc1ccc(C(C#N)=CC(=O)OO)c(O)c1. The number of hydrogen-bond acceptors (Lipinski definition) is 5. The van der Waals surface area contributed by atoms with Crippen LogP contribution in [0.25, 0.3) is 5.57 Å². The van der Waals surface area contributed by atoms with Crippen LogP contribution >= 0.6 is 0 Å². The van der Waals surface area contributed by atoms with Gasteiger partial charge in [0.05, 0.1) is 5.57 Å². The minimum Gasteiger partial charge on any atom is -0.507 e. The van der Waals surface area contributed by atoms with Gasteiger partial charge in [-0.2, -0.15) is 10.5 Å². The quantitative estimate of drug-likeness (QED) is 0.360. The van der Waals surface area contributed by atoms with E-state index in [1.807, 2.05) is 6.92 Å². The first kappa shape index (κ1) is 12.7. The Hall–Kier alpha value is -2.32. The topological polar surface area (TPSA) is 90.6 Å². The number of phenolic OH excluding ortho intramolecular Hbond substituents is 1. The Morgan fingerprint density at radius 3 is 2.76 bits per heavy atom. The highest BCUT2D eigenvalue weighted by atomic mass is 17.1. The summed E-state index contributed by atoms with van der Waals surface area (Å²) in [6.45, 7) is 1.93. The van der Waals surface area contributed by atoms with E-state index >= 15 is 0 Å². The van der Waals surface area contributed by atoms with E-state index in [2.05, 4.69) is 4.89 Å². The number of allylic oxidation sites excluding steroid dienone is 1. The molecule has 2 N–H and O–H groups in total. The van der Waals surface area contributed by atoms with Crippen LogP contribution in [0.4, 0.5) is 0 Å². The van der Waals surface area contributed by atoms with Crippen molar-refractivity contribution in [1.82, 2.24) is 0 Å². The van der Waals surface area contributed by atoms with Crippen LogP contribution in [0.2, 0.25) is 0 Å². The molecule has 5 nitrogen and oxygen atoms in total. The molecule has 1 rings (SSSR count). The summed E-state index contributed by atoms with van der Waals surface area (Å²) in [5, 5.41) is 26.7. The summed E-state index contributed by atoms with van der Waals surface area (Å²) in [6.07, 6.45) is 1.55. The number of nitrogens with zero attached hydrogens (tertiary/aromatic N) is 1. The van der Waals surface area contributed by atoms with Gasteiger partial charge in [-0.3, -0.25) is 4.89 Å². The molecular weight excluding hydrogens is 222 g/mol. The summed E-state index contributed by atoms with van der Waals surface area (Å²) in [6, 6.07) is 6.55. The lowest BCUT2D eigenvalue weighted by atomic mass is 10.0. The molecule has 1 aromatic rings. The maximum atomic E-state index is 10.8. The third kappa shape index (κ3) is 3.06. The van der Waals surface area contributed by atoms with Crippen molar-refractivity contribution in [2.45, 2.75) is 13.3 Å². The number of hydrogen-bond donors (Lipinski definition) is 2. The largest absolute Gasteiger partial charge is 0.507 e. The van der Waals surface area contributed by atoms with Crippen molar-refractivity contribution in [2.75, 3.05) is 0 Å². The van der Waals surface area contributed by atoms with Crippen molar-refractivity contribution in [1.29, 1.82) is 5.26 Å². The van der Waals surface area contributed by atoms with Crippen LogP contribution in [0.3, 0.4) is 0 Å². The summed E-state index contributed by atoms with van der Waals surface area (Å²) in [7, 11) is 0. The number of aryl methyl sites for hydroxylation is 1. The van der Waals surface area contributed by atoms with Gasteiger partial charge in [0.2, 0.25) is 0 Å². The molecule has 0 saturated carbocycles. The first-order chi connectivity index (χ1) is 8.12. The third-order valence-corrected chi connectivity index (χ3v) is 2.23. The van der Waals surface area contributed by atoms with Gasteiger partial charge in [-0.1, -0.05) is 13.0 Å². The summed E-state index contributed by atoms with van der Waals surface area (Å²) in [5.41, 5.74) is 1.05. The number of aromatic hydroxyl groups is 1. The van der Waals surface area contributed by atoms with Crippen LogP contribution in [0.1, 0.15) is 18.1 Å². The molecule has 0 aromatic heterocycles. The van der Waals surface area contributed by atoms with Crippen molar-refractivity contribution in [3.63, 3.8) is 0 Å². The lowest BCUT2D eigenvalue weighted by molar-refractivity contribution is -0.227. The summed E-state index contributed by atoms with van der Waals surface area (Å²) in [4.78, 5) is 14.2. The minimum atomic E-state index is -1.07. The van der Waals surface area contributed by atoms with Gasteiger partial charge < -0.3 is 5.11 Å². The highest BCUT2D eigenvalue weighted by Crippen LogP contribution is 2.26. The van der Waals surface area contributed by atoms with E-state index in [1.165, 1.54) is 12.1 Å². The van der Waals surface area contributed by atoms with Crippen molar-refractivity contribution < 1.29 is 20.0 Å². The Labute approximate surface area is 98.1 Å². The Bertz CT molecular complexity index is 500. The average Bonchev–Trinajstić information content (AvgIpc) is 2.35. The number of carbonyl (C=O) groups excluding carboxylic acids is 1. The molecule has 0 unspecified atom stereocenters. The van der Waals surface area contributed by atoms with E-state index in [-0.39, 0.29) is 16.9 Å². The Kier molecular flexibility index (Phi) is 4.26. The number of carbonyl (C=O) groups is 1. The monoisotopic (exact) mass is 233 g/mol. The van der Waals surface area contributed by atoms with Crippen molar-refractivity contribution in [2.24, 2.45) is 0 Å². The number of phenols is 1.